The molecular formula is C26H38FN3S. The second kappa shape index (κ2) is 12.3. The van der Waals surface area contributed by atoms with E-state index < -0.39 is 5.37 Å². The highest BCUT2D eigenvalue weighted by atomic mass is 32.2. The van der Waals surface area contributed by atoms with Gasteiger partial charge in [-0.05, 0) is 62.4 Å². The lowest BCUT2D eigenvalue weighted by molar-refractivity contribution is 0.418. The van der Waals surface area contributed by atoms with E-state index in [4.69, 9.17) is 11.5 Å². The Morgan fingerprint density at radius 3 is 2.48 bits per heavy atom. The summed E-state index contributed by atoms with van der Waals surface area (Å²) in [6, 6.07) is 14.1. The minimum Gasteiger partial charge on any atom is -0.373 e. The molecule has 2 unspecified atom stereocenters. The van der Waals surface area contributed by atoms with Crippen LogP contribution >= 0.6 is 11.8 Å². The predicted octanol–water partition coefficient (Wildman–Crippen LogP) is 6.27. The highest BCUT2D eigenvalue weighted by Crippen LogP contribution is 2.48. The number of rotatable bonds is 5. The molecule has 2 aromatic carbocycles. The molecule has 0 saturated heterocycles. The summed E-state index contributed by atoms with van der Waals surface area (Å²) in [7, 11) is 0. The van der Waals surface area contributed by atoms with Crippen LogP contribution in [0.4, 0.5) is 4.39 Å². The molecule has 0 amide bonds. The molecule has 0 radical (unpaired) electrons. The third-order valence-electron chi connectivity index (χ3n) is 5.70. The Labute approximate surface area is 191 Å². The molecule has 31 heavy (non-hydrogen) atoms. The van der Waals surface area contributed by atoms with E-state index >= 15 is 0 Å². The smallest absolute Gasteiger partial charge is 0.128 e. The fraction of sp³-hybridized carbons (Fsp3) is 0.462. The van der Waals surface area contributed by atoms with Gasteiger partial charge >= 0.3 is 0 Å². The molecule has 0 heterocycles. The summed E-state index contributed by atoms with van der Waals surface area (Å²) in [6.07, 6.45) is 8.66. The summed E-state index contributed by atoms with van der Waals surface area (Å²) in [5, 5.41) is 2.96. The molecule has 0 spiro atoms. The third kappa shape index (κ3) is 6.58. The molecule has 2 aliphatic rings. The Bertz CT molecular complexity index is 837. The fourth-order valence-electron chi connectivity index (χ4n) is 3.87. The summed E-state index contributed by atoms with van der Waals surface area (Å²) in [6.45, 7) is 9.80. The van der Waals surface area contributed by atoms with Gasteiger partial charge in [0, 0.05) is 11.6 Å². The van der Waals surface area contributed by atoms with Crippen LogP contribution < -0.4 is 16.8 Å². The lowest BCUT2D eigenvalue weighted by atomic mass is 9.87. The van der Waals surface area contributed by atoms with Crippen LogP contribution in [0, 0.1) is 12.7 Å². The minimum atomic E-state index is -0.455. The molecule has 2 aliphatic carbocycles. The van der Waals surface area contributed by atoms with Gasteiger partial charge in [0.05, 0.1) is 5.37 Å². The Hall–Kier alpha value is -1.82. The molecule has 1 fully saturated rings. The van der Waals surface area contributed by atoms with Gasteiger partial charge in [-0.1, -0.05) is 68.8 Å². The van der Waals surface area contributed by atoms with Crippen LogP contribution in [0.1, 0.15) is 73.6 Å². The van der Waals surface area contributed by atoms with Gasteiger partial charge in [0.2, 0.25) is 0 Å². The maximum Gasteiger partial charge on any atom is 0.128 e. The van der Waals surface area contributed by atoms with Crippen molar-refractivity contribution in [1.29, 1.82) is 0 Å². The SMILES string of the molecule is C=CNC1(SC(N)c2cc(C)ccc2F)CCCc2ccccc21.CC.NC1CCC1. The van der Waals surface area contributed by atoms with E-state index in [9.17, 15) is 4.39 Å². The maximum absolute atomic E-state index is 14.2. The Balaban J connectivity index is 0.000000420. The van der Waals surface area contributed by atoms with Gasteiger partial charge in [0.1, 0.15) is 10.7 Å². The zero-order chi connectivity index (χ0) is 22.9. The highest BCUT2D eigenvalue weighted by Gasteiger charge is 2.38. The molecular weight excluding hydrogens is 405 g/mol. The van der Waals surface area contributed by atoms with Gasteiger partial charge < -0.3 is 16.8 Å². The average molecular weight is 444 g/mol. The Kier molecular flexibility index (Phi) is 10.1. The minimum absolute atomic E-state index is 0.251. The van der Waals surface area contributed by atoms with Gasteiger partial charge in [0.25, 0.3) is 0 Å². The zero-order valence-corrected chi connectivity index (χ0v) is 20.0. The first-order valence-corrected chi connectivity index (χ1v) is 12.2. The molecule has 0 bridgehead atoms. The molecule has 1 saturated carbocycles. The van der Waals surface area contributed by atoms with E-state index in [-0.39, 0.29) is 10.7 Å². The summed E-state index contributed by atoms with van der Waals surface area (Å²) in [5.74, 6) is -0.251. The van der Waals surface area contributed by atoms with E-state index in [0.717, 1.165) is 24.8 Å². The molecule has 0 aliphatic heterocycles. The van der Waals surface area contributed by atoms with Crippen LogP contribution in [-0.4, -0.2) is 6.04 Å². The number of thioether (sulfide) groups is 1. The van der Waals surface area contributed by atoms with Crippen LogP contribution in [0.2, 0.25) is 0 Å². The van der Waals surface area contributed by atoms with Gasteiger partial charge in [-0.2, -0.15) is 0 Å². The summed E-state index contributed by atoms with van der Waals surface area (Å²) in [4.78, 5) is -0.369. The monoisotopic (exact) mass is 443 g/mol. The molecule has 2 aromatic rings. The molecule has 2 atom stereocenters. The number of fused-ring (bicyclic) bond motifs is 1. The van der Waals surface area contributed by atoms with Gasteiger partial charge in [-0.15, -0.1) is 11.8 Å². The number of halogens is 1. The molecule has 5 N–H and O–H groups in total. The number of nitrogens with one attached hydrogen (secondary N) is 1. The summed E-state index contributed by atoms with van der Waals surface area (Å²) in [5.41, 5.74) is 15.9. The van der Waals surface area contributed by atoms with Crippen molar-refractivity contribution in [2.24, 2.45) is 11.5 Å². The van der Waals surface area contributed by atoms with Crippen molar-refractivity contribution in [1.82, 2.24) is 5.32 Å². The van der Waals surface area contributed by atoms with Crippen LogP contribution in [0.25, 0.3) is 0 Å². The van der Waals surface area contributed by atoms with Crippen molar-refractivity contribution >= 4 is 11.8 Å². The Morgan fingerprint density at radius 1 is 1.19 bits per heavy atom. The van der Waals surface area contributed by atoms with Crippen molar-refractivity contribution in [3.63, 3.8) is 0 Å². The molecule has 5 heteroatoms. The van der Waals surface area contributed by atoms with Crippen LogP contribution in [0.5, 0.6) is 0 Å². The van der Waals surface area contributed by atoms with Gasteiger partial charge in [-0.25, -0.2) is 4.39 Å². The van der Waals surface area contributed by atoms with Crippen molar-refractivity contribution in [2.75, 3.05) is 0 Å². The lowest BCUT2D eigenvalue weighted by Gasteiger charge is -2.40. The van der Waals surface area contributed by atoms with E-state index in [1.807, 2.05) is 32.9 Å². The van der Waals surface area contributed by atoms with Crippen LogP contribution in [0.15, 0.2) is 55.2 Å². The first kappa shape index (κ1) is 25.4. The molecule has 170 valence electrons. The largest absolute Gasteiger partial charge is 0.373 e. The maximum atomic E-state index is 14.2. The topological polar surface area (TPSA) is 64.1 Å². The van der Waals surface area contributed by atoms with Crippen molar-refractivity contribution in [2.45, 2.75) is 75.6 Å². The first-order valence-electron chi connectivity index (χ1n) is 11.4. The lowest BCUT2D eigenvalue weighted by Crippen LogP contribution is -2.40. The van der Waals surface area contributed by atoms with Crippen molar-refractivity contribution in [3.8, 4) is 0 Å². The quantitative estimate of drug-likeness (QED) is 0.477. The predicted molar refractivity (Wildman–Crippen MR) is 133 cm³/mol. The van der Waals surface area contributed by atoms with Crippen molar-refractivity contribution in [3.05, 3.63) is 83.3 Å². The number of aryl methyl sites for hydroxylation is 2. The number of benzene rings is 2. The summed E-state index contributed by atoms with van der Waals surface area (Å²) < 4.78 is 14.2. The van der Waals surface area contributed by atoms with E-state index in [1.54, 1.807) is 24.0 Å². The highest BCUT2D eigenvalue weighted by molar-refractivity contribution is 8.00. The standard InChI is InChI=1S/C20H23FN2S.C4H9N.C2H6/c1-3-23-20(12-6-8-15-7-4-5-9-17(15)20)24-19(22)16-13-14(2)10-11-18(16)21;5-4-2-1-3-4;1-2/h3-5,7,9-11,13,19,23H,1,6,8,12,22H2,2H3;4H,1-3,5H2;1-2H3. The zero-order valence-electron chi connectivity index (χ0n) is 19.2. The number of hydrogen-bond acceptors (Lipinski definition) is 4. The van der Waals surface area contributed by atoms with Crippen molar-refractivity contribution < 1.29 is 4.39 Å². The van der Waals surface area contributed by atoms with E-state index in [1.165, 1.54) is 36.5 Å². The molecule has 0 aromatic heterocycles. The van der Waals surface area contributed by atoms with Gasteiger partial charge in [0.15, 0.2) is 0 Å². The molecule has 3 nitrogen and oxygen atoms in total. The normalized spacial score (nSPS) is 20.6. The number of hydrogen-bond donors (Lipinski definition) is 3. The van der Waals surface area contributed by atoms with E-state index in [2.05, 4.69) is 30.1 Å². The third-order valence-corrected chi connectivity index (χ3v) is 7.15. The Morgan fingerprint density at radius 2 is 1.87 bits per heavy atom. The van der Waals surface area contributed by atoms with Crippen LogP contribution in [0.3, 0.4) is 0 Å². The second-order valence-electron chi connectivity index (χ2n) is 7.94. The van der Waals surface area contributed by atoms with E-state index in [0.29, 0.717) is 11.6 Å². The first-order chi connectivity index (χ1) is 14.9. The molecule has 4 rings (SSSR count). The summed E-state index contributed by atoms with van der Waals surface area (Å²) >= 11 is 1.57. The fourth-order valence-corrected chi connectivity index (χ4v) is 5.35. The van der Waals surface area contributed by atoms with Crippen LogP contribution in [-0.2, 0) is 11.3 Å². The average Bonchev–Trinajstić information content (AvgIpc) is 2.76. The number of nitrogens with two attached hydrogens (primary N) is 2. The second-order valence-corrected chi connectivity index (χ2v) is 9.38. The van der Waals surface area contributed by atoms with Gasteiger partial charge in [-0.3, -0.25) is 0 Å².